The topological polar surface area (TPSA) is 70.6 Å². The molecule has 4 rings (SSSR count). The summed E-state index contributed by atoms with van der Waals surface area (Å²) in [6, 6.07) is 1.10. The highest BCUT2D eigenvalue weighted by atomic mass is 19.2. The van der Waals surface area contributed by atoms with Crippen LogP contribution in [0.1, 0.15) is 25.5 Å². The first-order valence-electron chi connectivity index (χ1n) is 10.3. The van der Waals surface area contributed by atoms with E-state index in [2.05, 4.69) is 15.3 Å². The smallest absolute Gasteiger partial charge is 0.249 e. The maximum Gasteiger partial charge on any atom is 0.249 e. The zero-order valence-corrected chi connectivity index (χ0v) is 17.8. The lowest BCUT2D eigenvalue weighted by Gasteiger charge is -2.40. The molecule has 0 unspecified atom stereocenters. The Hall–Kier alpha value is -3.11. The summed E-state index contributed by atoms with van der Waals surface area (Å²) in [6.45, 7) is 2.73. The summed E-state index contributed by atoms with van der Waals surface area (Å²) >= 11 is 0. The Morgan fingerprint density at radius 1 is 1.19 bits per heavy atom. The number of halogens is 4. The minimum Gasteiger partial charge on any atom is -0.490 e. The van der Waals surface area contributed by atoms with E-state index in [-0.39, 0.29) is 30.3 Å². The molecule has 1 aliphatic heterocycles. The van der Waals surface area contributed by atoms with Gasteiger partial charge in [-0.25, -0.2) is 22.5 Å². The van der Waals surface area contributed by atoms with Crippen molar-refractivity contribution in [1.29, 1.82) is 0 Å². The van der Waals surface area contributed by atoms with Crippen molar-refractivity contribution in [2.75, 3.05) is 35.4 Å². The highest BCUT2D eigenvalue weighted by Crippen LogP contribution is 2.37. The normalized spacial score (nSPS) is 22.5. The quantitative estimate of drug-likeness (QED) is 0.534. The number of alkyl halides is 1. The van der Waals surface area contributed by atoms with Crippen LogP contribution in [-0.4, -0.2) is 54.3 Å². The standard InChI is InChI=1S/C21H23F4N5O2/c1-10-18-19(29(3)11(2)20(31)30(18)5-4-22)28-21(26-10)27-12-6-13(7-12)32-14-8-15(23)17(25)16(24)9-14/h8-9,11-13H,4-7H2,1-3H3,(H,26,27,28)/t11-,12?,13?/m0/s1. The fourth-order valence-corrected chi connectivity index (χ4v) is 3.92. The number of likely N-dealkylation sites (N-methyl/N-ethyl adjacent to an activating group) is 1. The van der Waals surface area contributed by atoms with E-state index >= 15 is 0 Å². The van der Waals surface area contributed by atoms with Gasteiger partial charge in [0.05, 0.1) is 12.2 Å². The van der Waals surface area contributed by atoms with Crippen LogP contribution in [0.2, 0.25) is 0 Å². The van der Waals surface area contributed by atoms with Gasteiger partial charge in [-0.05, 0) is 13.8 Å². The van der Waals surface area contributed by atoms with Gasteiger partial charge < -0.3 is 19.9 Å². The predicted molar refractivity (Wildman–Crippen MR) is 110 cm³/mol. The summed E-state index contributed by atoms with van der Waals surface area (Å²) in [5.41, 5.74) is 1.04. The van der Waals surface area contributed by atoms with Gasteiger partial charge in [0.15, 0.2) is 23.3 Å². The number of anilines is 3. The Kier molecular flexibility index (Phi) is 5.83. The van der Waals surface area contributed by atoms with Crippen LogP contribution < -0.4 is 19.9 Å². The first-order valence-corrected chi connectivity index (χ1v) is 10.3. The maximum absolute atomic E-state index is 13.3. The molecule has 1 N–H and O–H groups in total. The molecule has 2 aromatic rings. The average molecular weight is 453 g/mol. The second kappa shape index (κ2) is 8.44. The van der Waals surface area contributed by atoms with Crippen molar-refractivity contribution < 1.29 is 27.1 Å². The van der Waals surface area contributed by atoms with E-state index < -0.39 is 30.2 Å². The van der Waals surface area contributed by atoms with Crippen molar-refractivity contribution in [2.45, 2.75) is 44.9 Å². The van der Waals surface area contributed by atoms with E-state index in [4.69, 9.17) is 4.74 Å². The third kappa shape index (κ3) is 3.91. The predicted octanol–water partition coefficient (Wildman–Crippen LogP) is 3.37. The number of hydrogen-bond acceptors (Lipinski definition) is 6. The van der Waals surface area contributed by atoms with E-state index in [1.54, 1.807) is 25.8 Å². The van der Waals surface area contributed by atoms with Crippen LogP contribution in [0.15, 0.2) is 12.1 Å². The molecule has 0 spiro atoms. The molecule has 2 heterocycles. The molecule has 1 aliphatic carbocycles. The Morgan fingerprint density at radius 3 is 2.47 bits per heavy atom. The Bertz CT molecular complexity index is 1020. The number of benzene rings is 1. The molecule has 1 atom stereocenters. The first kappa shape index (κ1) is 22.1. The number of rotatable bonds is 6. The molecule has 1 amide bonds. The fourth-order valence-electron chi connectivity index (χ4n) is 3.92. The molecule has 172 valence electrons. The molecule has 1 aromatic carbocycles. The van der Waals surface area contributed by atoms with Gasteiger partial charge in [0, 0.05) is 38.1 Å². The number of hydrogen-bond donors (Lipinski definition) is 1. The van der Waals surface area contributed by atoms with E-state index in [0.717, 1.165) is 12.1 Å². The van der Waals surface area contributed by atoms with Gasteiger partial charge in [-0.3, -0.25) is 4.79 Å². The molecule has 7 nitrogen and oxygen atoms in total. The molecule has 2 aliphatic rings. The van der Waals surface area contributed by atoms with Crippen molar-refractivity contribution >= 4 is 23.4 Å². The molecule has 11 heteroatoms. The molecule has 0 saturated heterocycles. The lowest BCUT2D eigenvalue weighted by atomic mass is 9.89. The monoisotopic (exact) mass is 453 g/mol. The summed E-state index contributed by atoms with van der Waals surface area (Å²) in [6.07, 6.45) is 0.758. The van der Waals surface area contributed by atoms with Gasteiger partial charge in [-0.2, -0.15) is 4.98 Å². The van der Waals surface area contributed by atoms with Crippen LogP contribution in [0.3, 0.4) is 0 Å². The summed E-state index contributed by atoms with van der Waals surface area (Å²) in [5, 5.41) is 3.20. The lowest BCUT2D eigenvalue weighted by Crippen LogP contribution is -2.52. The van der Waals surface area contributed by atoms with Crippen molar-refractivity contribution in [3.63, 3.8) is 0 Å². The van der Waals surface area contributed by atoms with E-state index in [9.17, 15) is 22.4 Å². The third-order valence-electron chi connectivity index (χ3n) is 5.84. The number of aryl methyl sites for hydroxylation is 1. The van der Waals surface area contributed by atoms with Crippen molar-refractivity contribution in [3.8, 4) is 5.75 Å². The van der Waals surface area contributed by atoms with Gasteiger partial charge in [0.25, 0.3) is 0 Å². The third-order valence-corrected chi connectivity index (χ3v) is 5.84. The minimum atomic E-state index is -1.53. The molecule has 32 heavy (non-hydrogen) atoms. The molecule has 1 fully saturated rings. The highest BCUT2D eigenvalue weighted by Gasteiger charge is 2.37. The minimum absolute atomic E-state index is 0.0394. The highest BCUT2D eigenvalue weighted by molar-refractivity contribution is 6.05. The molecule has 0 bridgehead atoms. The summed E-state index contributed by atoms with van der Waals surface area (Å²) in [4.78, 5) is 24.7. The zero-order chi connectivity index (χ0) is 23.2. The summed E-state index contributed by atoms with van der Waals surface area (Å²) in [5.74, 6) is -3.52. The van der Waals surface area contributed by atoms with Crippen LogP contribution in [-0.2, 0) is 4.79 Å². The van der Waals surface area contributed by atoms with Gasteiger partial charge in [-0.15, -0.1) is 0 Å². The number of aromatic nitrogens is 2. The molecule has 1 aromatic heterocycles. The fraction of sp³-hybridized carbons (Fsp3) is 0.476. The average Bonchev–Trinajstić information content (AvgIpc) is 2.72. The van der Waals surface area contributed by atoms with Crippen molar-refractivity contribution in [1.82, 2.24) is 9.97 Å². The first-order chi connectivity index (χ1) is 15.2. The number of ether oxygens (including phenoxy) is 1. The Balaban J connectivity index is 1.44. The van der Waals surface area contributed by atoms with E-state index in [0.29, 0.717) is 36.0 Å². The van der Waals surface area contributed by atoms with Gasteiger partial charge >= 0.3 is 0 Å². The van der Waals surface area contributed by atoms with Crippen LogP contribution in [0.25, 0.3) is 0 Å². The van der Waals surface area contributed by atoms with Crippen LogP contribution in [0, 0.1) is 24.4 Å². The summed E-state index contributed by atoms with van der Waals surface area (Å²) in [7, 11) is 1.75. The SMILES string of the molecule is Cc1nc(NC2CC(Oc3cc(F)c(F)c(F)c3)C2)nc2c1N(CCF)C(=O)[C@H](C)N2C. The lowest BCUT2D eigenvalue weighted by molar-refractivity contribution is -0.119. The van der Waals surface area contributed by atoms with Gasteiger partial charge in [0.2, 0.25) is 11.9 Å². The zero-order valence-electron chi connectivity index (χ0n) is 17.8. The molecule has 1 saturated carbocycles. The maximum atomic E-state index is 13.3. The Morgan fingerprint density at radius 2 is 1.84 bits per heavy atom. The number of amides is 1. The van der Waals surface area contributed by atoms with E-state index in [1.165, 1.54) is 4.90 Å². The second-order valence-electron chi connectivity index (χ2n) is 8.02. The van der Waals surface area contributed by atoms with Crippen LogP contribution >= 0.6 is 0 Å². The van der Waals surface area contributed by atoms with Crippen LogP contribution in [0.5, 0.6) is 5.75 Å². The molecular weight excluding hydrogens is 430 g/mol. The van der Waals surface area contributed by atoms with Gasteiger partial charge in [-0.1, -0.05) is 0 Å². The number of nitrogens with zero attached hydrogens (tertiary/aromatic N) is 4. The van der Waals surface area contributed by atoms with E-state index in [1.807, 2.05) is 0 Å². The van der Waals surface area contributed by atoms with Crippen LogP contribution in [0.4, 0.5) is 35.0 Å². The number of carbonyl (C=O) groups excluding carboxylic acids is 1. The largest absolute Gasteiger partial charge is 0.490 e. The second-order valence-corrected chi connectivity index (χ2v) is 8.02. The number of fused-ring (bicyclic) bond motifs is 1. The van der Waals surface area contributed by atoms with Crippen molar-refractivity contribution in [2.24, 2.45) is 0 Å². The summed E-state index contributed by atoms with van der Waals surface area (Å²) < 4.78 is 58.3. The molecular formula is C21H23F4N5O2. The van der Waals surface area contributed by atoms with Crippen molar-refractivity contribution in [3.05, 3.63) is 35.3 Å². The van der Waals surface area contributed by atoms with Gasteiger partial charge in [0.1, 0.15) is 30.3 Å². The Labute approximate surface area is 182 Å². The molecule has 0 radical (unpaired) electrons. The number of nitrogens with one attached hydrogen (secondary N) is 1. The number of carbonyl (C=O) groups is 1.